The Labute approximate surface area is 162 Å². The third-order valence-electron chi connectivity index (χ3n) is 3.71. The number of amides is 1. The second kappa shape index (κ2) is 8.73. The molecule has 0 unspecified atom stereocenters. The second-order valence-electron chi connectivity index (χ2n) is 6.38. The summed E-state index contributed by atoms with van der Waals surface area (Å²) in [6, 6.07) is 13.8. The van der Waals surface area contributed by atoms with Gasteiger partial charge in [0.2, 0.25) is 11.1 Å². The minimum absolute atomic E-state index is 0.0904. The van der Waals surface area contributed by atoms with Gasteiger partial charge in [-0.2, -0.15) is 0 Å². The Morgan fingerprint density at radius 1 is 1.11 bits per heavy atom. The van der Waals surface area contributed by atoms with E-state index in [4.69, 9.17) is 4.74 Å². The Kier molecular flexibility index (Phi) is 6.13. The van der Waals surface area contributed by atoms with Crippen molar-refractivity contribution in [3.8, 4) is 5.75 Å². The number of benzene rings is 2. The number of ether oxygens (including phenoxy) is 1. The largest absolute Gasteiger partial charge is 0.486 e. The number of anilines is 1. The van der Waals surface area contributed by atoms with Gasteiger partial charge in [-0.25, -0.2) is 4.98 Å². The molecule has 0 aliphatic carbocycles. The monoisotopic (exact) mass is 382 g/mol. The molecule has 27 heavy (non-hydrogen) atoms. The zero-order chi connectivity index (χ0) is 19.2. The number of carbonyl (C=O) groups is 1. The van der Waals surface area contributed by atoms with Crippen LogP contribution in [0, 0.1) is 20.8 Å². The van der Waals surface area contributed by atoms with Gasteiger partial charge < -0.3 is 10.1 Å². The fourth-order valence-corrected chi connectivity index (χ4v) is 3.26. The number of carbonyl (C=O) groups excluding carboxylic acids is 1. The Morgan fingerprint density at radius 2 is 1.89 bits per heavy atom. The summed E-state index contributed by atoms with van der Waals surface area (Å²) in [4.78, 5) is 16.5. The molecule has 0 spiro atoms. The van der Waals surface area contributed by atoms with Crippen LogP contribution in [0.2, 0.25) is 0 Å². The Balaban J connectivity index is 1.48. The number of rotatable bonds is 7. The Morgan fingerprint density at radius 3 is 2.63 bits per heavy atom. The molecule has 3 aromatic rings. The minimum atomic E-state index is -0.0904. The zero-order valence-corrected chi connectivity index (χ0v) is 16.4. The average molecular weight is 382 g/mol. The predicted octanol–water partition coefficient (Wildman–Crippen LogP) is 4.04. The number of aromatic nitrogens is 3. The molecule has 0 fully saturated rings. The van der Waals surface area contributed by atoms with Crippen molar-refractivity contribution in [2.45, 2.75) is 32.5 Å². The fourth-order valence-electron chi connectivity index (χ4n) is 2.64. The molecule has 0 aliphatic heterocycles. The fraction of sp³-hybridized carbons (Fsp3) is 0.250. The highest BCUT2D eigenvalue weighted by atomic mass is 32.2. The summed E-state index contributed by atoms with van der Waals surface area (Å²) in [5.74, 6) is 1.55. The van der Waals surface area contributed by atoms with E-state index in [0.29, 0.717) is 17.6 Å². The molecular weight excluding hydrogens is 360 g/mol. The van der Waals surface area contributed by atoms with Crippen molar-refractivity contribution in [2.75, 3.05) is 11.1 Å². The van der Waals surface area contributed by atoms with E-state index in [1.54, 1.807) is 0 Å². The van der Waals surface area contributed by atoms with Crippen LogP contribution >= 0.6 is 11.8 Å². The molecule has 0 atom stereocenters. The van der Waals surface area contributed by atoms with E-state index < -0.39 is 0 Å². The lowest BCUT2D eigenvalue weighted by Crippen LogP contribution is -2.14. The van der Waals surface area contributed by atoms with E-state index in [0.717, 1.165) is 28.1 Å². The molecule has 3 rings (SSSR count). The van der Waals surface area contributed by atoms with Crippen LogP contribution in [0.3, 0.4) is 0 Å². The maximum atomic E-state index is 12.1. The number of thioether (sulfide) groups is 1. The summed E-state index contributed by atoms with van der Waals surface area (Å²) in [5.41, 5.74) is 4.17. The van der Waals surface area contributed by atoms with Crippen molar-refractivity contribution < 1.29 is 9.53 Å². The van der Waals surface area contributed by atoms with Gasteiger partial charge in [0, 0.05) is 5.69 Å². The number of hydrogen-bond acceptors (Lipinski definition) is 5. The van der Waals surface area contributed by atoms with Crippen molar-refractivity contribution >= 4 is 23.4 Å². The zero-order valence-electron chi connectivity index (χ0n) is 15.6. The molecule has 0 aliphatic rings. The topological polar surface area (TPSA) is 79.9 Å². The number of aromatic amines is 1. The number of nitrogens with zero attached hydrogens (tertiary/aromatic N) is 2. The van der Waals surface area contributed by atoms with Gasteiger partial charge in [0.05, 0.1) is 5.75 Å². The number of nitrogens with one attached hydrogen (secondary N) is 2. The van der Waals surface area contributed by atoms with Gasteiger partial charge in [0.1, 0.15) is 12.4 Å². The first-order chi connectivity index (χ1) is 13.0. The van der Waals surface area contributed by atoms with Gasteiger partial charge >= 0.3 is 0 Å². The van der Waals surface area contributed by atoms with Crippen LogP contribution in [-0.4, -0.2) is 26.8 Å². The second-order valence-corrected chi connectivity index (χ2v) is 7.33. The molecule has 0 bridgehead atoms. The minimum Gasteiger partial charge on any atom is -0.486 e. The third kappa shape index (κ3) is 5.86. The van der Waals surface area contributed by atoms with Crippen LogP contribution in [0.25, 0.3) is 0 Å². The van der Waals surface area contributed by atoms with Crippen LogP contribution in [0.1, 0.15) is 22.5 Å². The lowest BCUT2D eigenvalue weighted by Gasteiger charge is -2.06. The van der Waals surface area contributed by atoms with E-state index in [2.05, 4.69) is 26.6 Å². The SMILES string of the molecule is Cc1cc(C)cc(NC(=O)CSc2n[nH]c(COc3cccc(C)c3)n2)c1. The third-order valence-corrected chi connectivity index (χ3v) is 4.56. The van der Waals surface area contributed by atoms with Crippen molar-refractivity contribution in [3.05, 3.63) is 65.0 Å². The first-order valence-electron chi connectivity index (χ1n) is 8.59. The Bertz CT molecular complexity index is 919. The first-order valence-corrected chi connectivity index (χ1v) is 9.58. The lowest BCUT2D eigenvalue weighted by atomic mass is 10.1. The highest BCUT2D eigenvalue weighted by molar-refractivity contribution is 7.99. The Hall–Kier alpha value is -2.80. The molecule has 2 aromatic carbocycles. The normalized spacial score (nSPS) is 10.6. The first kappa shape index (κ1) is 19.0. The summed E-state index contributed by atoms with van der Waals surface area (Å²) in [6.45, 7) is 6.32. The van der Waals surface area contributed by atoms with Crippen LogP contribution in [-0.2, 0) is 11.4 Å². The smallest absolute Gasteiger partial charge is 0.234 e. The molecule has 1 amide bonds. The lowest BCUT2D eigenvalue weighted by molar-refractivity contribution is -0.113. The molecule has 7 heteroatoms. The summed E-state index contributed by atoms with van der Waals surface area (Å²) >= 11 is 1.28. The standard InChI is InChI=1S/C20H22N4O2S/c1-13-5-4-6-17(10-13)26-11-18-22-20(24-23-18)27-12-19(25)21-16-8-14(2)7-15(3)9-16/h4-10H,11-12H2,1-3H3,(H,21,25)(H,22,23,24). The van der Waals surface area contributed by atoms with E-state index >= 15 is 0 Å². The maximum Gasteiger partial charge on any atom is 0.234 e. The highest BCUT2D eigenvalue weighted by Gasteiger charge is 2.09. The number of H-pyrrole nitrogens is 1. The van der Waals surface area contributed by atoms with E-state index in [-0.39, 0.29) is 11.7 Å². The van der Waals surface area contributed by atoms with Crippen molar-refractivity contribution in [1.29, 1.82) is 0 Å². The van der Waals surface area contributed by atoms with E-state index in [9.17, 15) is 4.79 Å². The average Bonchev–Trinajstić information content (AvgIpc) is 3.05. The molecule has 6 nitrogen and oxygen atoms in total. The molecule has 1 aromatic heterocycles. The quantitative estimate of drug-likeness (QED) is 0.603. The molecule has 0 saturated heterocycles. The molecule has 2 N–H and O–H groups in total. The van der Waals surface area contributed by atoms with Gasteiger partial charge in [-0.05, 0) is 61.7 Å². The molecular formula is C20H22N4O2S. The molecule has 0 radical (unpaired) electrons. The van der Waals surface area contributed by atoms with Crippen LogP contribution < -0.4 is 10.1 Å². The van der Waals surface area contributed by atoms with Crippen LogP contribution in [0.4, 0.5) is 5.69 Å². The number of aryl methyl sites for hydroxylation is 3. The van der Waals surface area contributed by atoms with Gasteiger partial charge in [0.25, 0.3) is 0 Å². The summed E-state index contributed by atoms with van der Waals surface area (Å²) in [5, 5.41) is 10.4. The summed E-state index contributed by atoms with van der Waals surface area (Å²) < 4.78 is 5.69. The molecule has 140 valence electrons. The van der Waals surface area contributed by atoms with E-state index in [1.807, 2.05) is 57.2 Å². The van der Waals surface area contributed by atoms with Gasteiger partial charge in [-0.1, -0.05) is 30.0 Å². The highest BCUT2D eigenvalue weighted by Crippen LogP contribution is 2.17. The van der Waals surface area contributed by atoms with Crippen LogP contribution in [0.5, 0.6) is 5.75 Å². The predicted molar refractivity (Wildman–Crippen MR) is 107 cm³/mol. The number of hydrogen-bond donors (Lipinski definition) is 2. The summed E-state index contributed by atoms with van der Waals surface area (Å²) in [7, 11) is 0. The molecule has 1 heterocycles. The maximum absolute atomic E-state index is 12.1. The van der Waals surface area contributed by atoms with Crippen molar-refractivity contribution in [3.63, 3.8) is 0 Å². The summed E-state index contributed by atoms with van der Waals surface area (Å²) in [6.07, 6.45) is 0. The van der Waals surface area contributed by atoms with Gasteiger partial charge in [-0.3, -0.25) is 9.89 Å². The van der Waals surface area contributed by atoms with E-state index in [1.165, 1.54) is 11.8 Å². The van der Waals surface area contributed by atoms with Crippen LogP contribution in [0.15, 0.2) is 47.6 Å². The van der Waals surface area contributed by atoms with Crippen molar-refractivity contribution in [2.24, 2.45) is 0 Å². The van der Waals surface area contributed by atoms with Crippen molar-refractivity contribution in [1.82, 2.24) is 15.2 Å². The van der Waals surface area contributed by atoms with Gasteiger partial charge in [-0.15, -0.1) is 5.10 Å². The molecule has 0 saturated carbocycles. The van der Waals surface area contributed by atoms with Gasteiger partial charge in [0.15, 0.2) is 5.82 Å².